The first-order chi connectivity index (χ1) is 13.6. The van der Waals surface area contributed by atoms with Gasteiger partial charge in [0.25, 0.3) is 5.91 Å². The molecular formula is C23H23F3N2O. The van der Waals surface area contributed by atoms with Crippen molar-refractivity contribution in [3.05, 3.63) is 93.8 Å². The summed E-state index contributed by atoms with van der Waals surface area (Å²) < 4.78 is 40.6. The Morgan fingerprint density at radius 1 is 0.966 bits per heavy atom. The van der Waals surface area contributed by atoms with E-state index >= 15 is 0 Å². The predicted octanol–water partition coefficient (Wildman–Crippen LogP) is 5.41. The van der Waals surface area contributed by atoms with Crippen LogP contribution in [0.2, 0.25) is 0 Å². The topological polar surface area (TPSA) is 34.0 Å². The van der Waals surface area contributed by atoms with Crippen LogP contribution >= 0.6 is 0 Å². The zero-order valence-electron chi connectivity index (χ0n) is 16.6. The molecular weight excluding hydrogens is 377 g/mol. The van der Waals surface area contributed by atoms with Crippen LogP contribution in [0.25, 0.3) is 0 Å². The van der Waals surface area contributed by atoms with Gasteiger partial charge in [-0.15, -0.1) is 0 Å². The van der Waals surface area contributed by atoms with Gasteiger partial charge in [-0.1, -0.05) is 42.0 Å². The van der Waals surface area contributed by atoms with Crippen LogP contribution < -0.4 is 5.32 Å². The van der Waals surface area contributed by atoms with Crippen LogP contribution in [0.3, 0.4) is 0 Å². The molecule has 0 aliphatic carbocycles. The van der Waals surface area contributed by atoms with Crippen LogP contribution in [-0.2, 0) is 19.3 Å². The number of carbonyl (C=O) groups is 1. The number of amides is 1. The molecule has 1 heterocycles. The molecule has 3 nitrogen and oxygen atoms in total. The summed E-state index contributed by atoms with van der Waals surface area (Å²) in [5.41, 5.74) is 4.21. The number of nitrogens with zero attached hydrogens (tertiary/aromatic N) is 1. The van der Waals surface area contributed by atoms with E-state index in [-0.39, 0.29) is 12.5 Å². The molecule has 3 aromatic rings. The smallest absolute Gasteiger partial charge is 0.347 e. The molecule has 152 valence electrons. The zero-order valence-corrected chi connectivity index (χ0v) is 16.6. The summed E-state index contributed by atoms with van der Waals surface area (Å²) in [5.74, 6) is -0.305. The molecule has 1 amide bonds. The fraction of sp³-hybridized carbons (Fsp3) is 0.261. The Balaban J connectivity index is 1.78. The Hall–Kier alpha value is -3.02. The number of rotatable bonds is 5. The lowest BCUT2D eigenvalue weighted by Gasteiger charge is -2.14. The van der Waals surface area contributed by atoms with Crippen molar-refractivity contribution in [1.29, 1.82) is 0 Å². The number of aryl methyl sites for hydroxylation is 3. The quantitative estimate of drug-likeness (QED) is 0.610. The van der Waals surface area contributed by atoms with Crippen LogP contribution in [0.1, 0.15) is 44.0 Å². The van der Waals surface area contributed by atoms with Gasteiger partial charge in [-0.2, -0.15) is 13.2 Å². The van der Waals surface area contributed by atoms with Crippen LogP contribution in [0.4, 0.5) is 13.2 Å². The Morgan fingerprint density at radius 3 is 2.31 bits per heavy atom. The summed E-state index contributed by atoms with van der Waals surface area (Å²) in [5, 5.41) is 2.76. The highest BCUT2D eigenvalue weighted by molar-refractivity contribution is 5.94. The minimum Gasteiger partial charge on any atom is -0.347 e. The highest BCUT2D eigenvalue weighted by Gasteiger charge is 2.30. The second-order valence-corrected chi connectivity index (χ2v) is 7.27. The molecule has 0 atom stereocenters. The molecule has 29 heavy (non-hydrogen) atoms. The Bertz CT molecular complexity index is 1020. The van der Waals surface area contributed by atoms with E-state index in [1.54, 1.807) is 6.07 Å². The number of hydrogen-bond acceptors (Lipinski definition) is 1. The number of halogens is 3. The van der Waals surface area contributed by atoms with Crippen molar-refractivity contribution < 1.29 is 18.0 Å². The fourth-order valence-electron chi connectivity index (χ4n) is 3.35. The van der Waals surface area contributed by atoms with E-state index in [1.165, 1.54) is 6.07 Å². The lowest BCUT2D eigenvalue weighted by Crippen LogP contribution is -2.27. The van der Waals surface area contributed by atoms with E-state index in [9.17, 15) is 18.0 Å². The van der Waals surface area contributed by atoms with Crippen molar-refractivity contribution in [3.8, 4) is 0 Å². The van der Waals surface area contributed by atoms with E-state index < -0.39 is 11.7 Å². The number of alkyl halides is 3. The summed E-state index contributed by atoms with van der Waals surface area (Å²) >= 11 is 0. The van der Waals surface area contributed by atoms with Crippen molar-refractivity contribution in [2.75, 3.05) is 0 Å². The van der Waals surface area contributed by atoms with Crippen molar-refractivity contribution >= 4 is 5.91 Å². The van der Waals surface area contributed by atoms with Gasteiger partial charge in [0.2, 0.25) is 0 Å². The number of nitrogens with one attached hydrogen (secondary N) is 1. The summed E-state index contributed by atoms with van der Waals surface area (Å²) in [6.45, 7) is 6.38. The third-order valence-corrected chi connectivity index (χ3v) is 4.88. The van der Waals surface area contributed by atoms with Gasteiger partial charge in [0, 0.05) is 18.8 Å². The zero-order chi connectivity index (χ0) is 21.2. The number of hydrogen-bond donors (Lipinski definition) is 1. The van der Waals surface area contributed by atoms with E-state index in [1.807, 2.05) is 55.7 Å². The molecule has 0 fully saturated rings. The SMILES string of the molecule is Cc1ccc(Cn2c(C)cc(C)c2C(=O)NCc2cccc(C(F)(F)F)c2)cc1. The molecule has 0 radical (unpaired) electrons. The summed E-state index contributed by atoms with van der Waals surface area (Å²) in [6.07, 6.45) is -4.41. The molecule has 2 aromatic carbocycles. The second kappa shape index (κ2) is 8.15. The Labute approximate surface area is 168 Å². The molecule has 0 spiro atoms. The average Bonchev–Trinajstić information content (AvgIpc) is 2.94. The van der Waals surface area contributed by atoms with Crippen molar-refractivity contribution in [2.45, 2.75) is 40.0 Å². The van der Waals surface area contributed by atoms with Crippen LogP contribution in [0.15, 0.2) is 54.6 Å². The number of aromatic nitrogens is 1. The van der Waals surface area contributed by atoms with Crippen molar-refractivity contribution in [3.63, 3.8) is 0 Å². The van der Waals surface area contributed by atoms with Gasteiger partial charge in [0.1, 0.15) is 5.69 Å². The fourth-order valence-corrected chi connectivity index (χ4v) is 3.35. The first kappa shape index (κ1) is 20.7. The molecule has 0 unspecified atom stereocenters. The largest absolute Gasteiger partial charge is 0.416 e. The average molecular weight is 400 g/mol. The van der Waals surface area contributed by atoms with E-state index in [4.69, 9.17) is 0 Å². The van der Waals surface area contributed by atoms with Crippen LogP contribution in [-0.4, -0.2) is 10.5 Å². The third kappa shape index (κ3) is 4.88. The third-order valence-electron chi connectivity index (χ3n) is 4.88. The maximum atomic E-state index is 12.9. The van der Waals surface area contributed by atoms with Crippen LogP contribution in [0, 0.1) is 20.8 Å². The second-order valence-electron chi connectivity index (χ2n) is 7.27. The number of carbonyl (C=O) groups excluding carboxylic acids is 1. The normalized spacial score (nSPS) is 11.5. The lowest BCUT2D eigenvalue weighted by atomic mass is 10.1. The summed E-state index contributed by atoms with van der Waals surface area (Å²) in [6, 6.07) is 15.0. The van der Waals surface area contributed by atoms with Gasteiger partial charge in [-0.3, -0.25) is 4.79 Å². The Morgan fingerprint density at radius 2 is 1.66 bits per heavy atom. The molecule has 0 aliphatic heterocycles. The minimum absolute atomic E-state index is 0.0248. The maximum Gasteiger partial charge on any atom is 0.416 e. The molecule has 0 saturated carbocycles. The van der Waals surface area contributed by atoms with E-state index in [2.05, 4.69) is 5.32 Å². The first-order valence-electron chi connectivity index (χ1n) is 9.32. The predicted molar refractivity (Wildman–Crippen MR) is 107 cm³/mol. The lowest BCUT2D eigenvalue weighted by molar-refractivity contribution is -0.137. The summed E-state index contributed by atoms with van der Waals surface area (Å²) in [4.78, 5) is 12.8. The highest BCUT2D eigenvalue weighted by atomic mass is 19.4. The van der Waals surface area contributed by atoms with Gasteiger partial charge in [0.05, 0.1) is 5.56 Å². The van der Waals surface area contributed by atoms with Crippen molar-refractivity contribution in [2.24, 2.45) is 0 Å². The minimum atomic E-state index is -4.41. The molecule has 0 aliphatic rings. The maximum absolute atomic E-state index is 12.9. The number of benzene rings is 2. The van der Waals surface area contributed by atoms with Gasteiger partial charge in [0.15, 0.2) is 0 Å². The molecule has 1 N–H and O–H groups in total. The summed E-state index contributed by atoms with van der Waals surface area (Å²) in [7, 11) is 0. The van der Waals surface area contributed by atoms with Gasteiger partial charge in [-0.05, 0) is 55.7 Å². The van der Waals surface area contributed by atoms with Gasteiger partial charge < -0.3 is 9.88 Å². The molecule has 3 rings (SSSR count). The van der Waals surface area contributed by atoms with E-state index in [0.717, 1.165) is 34.5 Å². The molecule has 0 saturated heterocycles. The van der Waals surface area contributed by atoms with Gasteiger partial charge in [-0.25, -0.2) is 0 Å². The highest BCUT2D eigenvalue weighted by Crippen LogP contribution is 2.29. The monoisotopic (exact) mass is 400 g/mol. The standard InChI is InChI=1S/C23H23F3N2O/c1-15-7-9-18(10-8-15)14-28-17(3)11-16(2)21(28)22(29)27-13-19-5-4-6-20(12-19)23(24,25)26/h4-12H,13-14H2,1-3H3,(H,27,29). The van der Waals surface area contributed by atoms with E-state index in [0.29, 0.717) is 17.8 Å². The molecule has 0 bridgehead atoms. The van der Waals surface area contributed by atoms with Gasteiger partial charge >= 0.3 is 6.18 Å². The van der Waals surface area contributed by atoms with Crippen molar-refractivity contribution in [1.82, 2.24) is 9.88 Å². The van der Waals surface area contributed by atoms with Crippen LogP contribution in [0.5, 0.6) is 0 Å². The molecule has 1 aromatic heterocycles. The first-order valence-corrected chi connectivity index (χ1v) is 9.32. The Kier molecular flexibility index (Phi) is 5.82. The molecule has 6 heteroatoms.